The number of hydrogen-bond donors (Lipinski definition) is 1. The molecule has 10 atom stereocenters. The number of cyclic esters (lactones) is 1. The topological polar surface area (TPSA) is 130 Å². The lowest BCUT2D eigenvalue weighted by Gasteiger charge is -2.46. The van der Waals surface area contributed by atoms with Gasteiger partial charge in [0, 0.05) is 30.6 Å². The van der Waals surface area contributed by atoms with Crippen LogP contribution in [0.3, 0.4) is 0 Å². The zero-order valence-electron chi connectivity index (χ0n) is 28.0. The minimum absolute atomic E-state index is 0.170. The molecule has 0 aromatic rings. The first kappa shape index (κ1) is 36.9. The number of Topliss-reactive ketones (excluding diaryl/α,β-unsaturated/α-hetero) is 1. The van der Waals surface area contributed by atoms with Crippen LogP contribution in [0, 0.1) is 11.8 Å². The van der Waals surface area contributed by atoms with E-state index >= 15 is 0 Å². The lowest BCUT2D eigenvalue weighted by atomic mass is 9.79. The number of methoxy groups -OCH3 is 2. The summed E-state index contributed by atoms with van der Waals surface area (Å²) in [6, 6.07) is -0.190. The van der Waals surface area contributed by atoms with Crippen molar-refractivity contribution in [3.63, 3.8) is 0 Å². The van der Waals surface area contributed by atoms with E-state index in [1.807, 2.05) is 39.8 Å². The smallest absolute Gasteiger partial charge is 0.454 e. The van der Waals surface area contributed by atoms with E-state index < -0.39 is 59.8 Å². The van der Waals surface area contributed by atoms with Crippen LogP contribution in [0.5, 0.6) is 0 Å². The molecule has 0 spiro atoms. The van der Waals surface area contributed by atoms with Crippen molar-refractivity contribution >= 4 is 17.9 Å². The van der Waals surface area contributed by atoms with Crippen LogP contribution in [-0.4, -0.2) is 104 Å². The first-order chi connectivity index (χ1) is 19.9. The Morgan fingerprint density at radius 2 is 1.74 bits per heavy atom. The molecule has 0 saturated carbocycles. The molecule has 0 unspecified atom stereocenters. The van der Waals surface area contributed by atoms with Crippen molar-refractivity contribution in [2.45, 2.75) is 123 Å². The Hall–Kier alpha value is -2.31. The number of allylic oxidation sites excluding steroid dienone is 1. The third-order valence-electron chi connectivity index (χ3n) is 8.72. The number of esters is 1. The van der Waals surface area contributed by atoms with Crippen molar-refractivity contribution < 1.29 is 47.9 Å². The molecule has 246 valence electrons. The molecule has 0 aromatic carbocycles. The fourth-order valence-electron chi connectivity index (χ4n) is 6.32. The van der Waals surface area contributed by atoms with Crippen LogP contribution in [0.1, 0.15) is 74.7 Å². The second kappa shape index (κ2) is 15.1. The lowest BCUT2D eigenvalue weighted by Crippen LogP contribution is -2.58. The van der Waals surface area contributed by atoms with Crippen LogP contribution in [0.4, 0.5) is 4.79 Å². The number of ketones is 1. The summed E-state index contributed by atoms with van der Waals surface area (Å²) in [5, 5.41) is 11.2. The van der Waals surface area contributed by atoms with Gasteiger partial charge in [-0.1, -0.05) is 26.8 Å². The number of aliphatic hydroxyl groups excluding tert-OH is 1. The second-order valence-electron chi connectivity index (χ2n) is 12.7. The molecule has 0 aromatic heterocycles. The summed E-state index contributed by atoms with van der Waals surface area (Å²) in [7, 11) is 6.53. The van der Waals surface area contributed by atoms with Gasteiger partial charge in [-0.15, -0.1) is 0 Å². The molecule has 1 fully saturated rings. The van der Waals surface area contributed by atoms with Crippen molar-refractivity contribution in [2.24, 2.45) is 11.8 Å². The lowest BCUT2D eigenvalue weighted by molar-refractivity contribution is -0.294. The Labute approximate surface area is 256 Å². The van der Waals surface area contributed by atoms with E-state index in [9.17, 15) is 19.5 Å². The van der Waals surface area contributed by atoms with Crippen LogP contribution >= 0.6 is 0 Å². The summed E-state index contributed by atoms with van der Waals surface area (Å²) < 4.78 is 34.9. The molecule has 2 aliphatic rings. The van der Waals surface area contributed by atoms with E-state index in [1.54, 1.807) is 47.8 Å². The standard InChI is InChI=1S/C32H53NO10/c1-13-24-31(7,43-30(37)38-11)16-20(4)25(34)21(5)17-32(8,39-12)27(18(2)14-19(3)28(36)41-24)42-29-26(35)23(33(9)10)15-22(6)40-29/h14,16,18,21-24,26-27,29,35H,13,15,17H2,1-12H3/b19-14+,20-16+/t18-,21+,22+,23-,24+,26+,27+,29-,31-,32-/m0/s1. The number of likely N-dealkylation sites (N-methyl/N-ethyl adjacent to an activating group) is 1. The molecule has 2 heterocycles. The fourth-order valence-corrected chi connectivity index (χ4v) is 6.32. The summed E-state index contributed by atoms with van der Waals surface area (Å²) in [6.45, 7) is 14.1. The summed E-state index contributed by atoms with van der Waals surface area (Å²) >= 11 is 0. The van der Waals surface area contributed by atoms with Gasteiger partial charge in [0.1, 0.15) is 12.2 Å². The van der Waals surface area contributed by atoms with Gasteiger partial charge in [-0.3, -0.25) is 4.79 Å². The Bertz CT molecular complexity index is 1060. The first-order valence-electron chi connectivity index (χ1n) is 15.0. The zero-order chi connectivity index (χ0) is 32.9. The maximum Gasteiger partial charge on any atom is 0.508 e. The maximum absolute atomic E-state index is 13.7. The zero-order valence-corrected chi connectivity index (χ0v) is 28.0. The third-order valence-corrected chi connectivity index (χ3v) is 8.72. The Morgan fingerprint density at radius 3 is 2.28 bits per heavy atom. The Kier molecular flexibility index (Phi) is 13.0. The fraction of sp³-hybridized carbons (Fsp3) is 0.781. The first-order valence-corrected chi connectivity index (χ1v) is 15.0. The summed E-state index contributed by atoms with van der Waals surface area (Å²) in [5.41, 5.74) is -1.88. The molecule has 1 N–H and O–H groups in total. The number of hydrogen-bond acceptors (Lipinski definition) is 11. The van der Waals surface area contributed by atoms with E-state index in [1.165, 1.54) is 13.2 Å². The maximum atomic E-state index is 13.7. The van der Waals surface area contributed by atoms with Crippen LogP contribution in [0.2, 0.25) is 0 Å². The summed E-state index contributed by atoms with van der Waals surface area (Å²) in [5.74, 6) is -1.80. The van der Waals surface area contributed by atoms with E-state index in [-0.39, 0.29) is 24.3 Å². The third kappa shape index (κ3) is 8.88. The Morgan fingerprint density at radius 1 is 1.12 bits per heavy atom. The number of nitrogens with zero attached hydrogens (tertiary/aromatic N) is 1. The largest absolute Gasteiger partial charge is 0.508 e. The number of carbonyl (C=O) groups is 3. The second-order valence-corrected chi connectivity index (χ2v) is 12.7. The number of aliphatic hydroxyl groups is 1. The molecule has 2 rings (SSSR count). The number of carbonyl (C=O) groups excluding carboxylic acids is 3. The highest BCUT2D eigenvalue weighted by atomic mass is 16.7. The average molecular weight is 612 g/mol. The van der Waals surface area contributed by atoms with Gasteiger partial charge in [-0.05, 0) is 79.6 Å². The van der Waals surface area contributed by atoms with Gasteiger partial charge in [0.05, 0.1) is 24.9 Å². The normalized spacial score (nSPS) is 40.9. The number of rotatable bonds is 6. The summed E-state index contributed by atoms with van der Waals surface area (Å²) in [4.78, 5) is 41.3. The number of ether oxygens (including phenoxy) is 6. The predicted molar refractivity (Wildman–Crippen MR) is 160 cm³/mol. The van der Waals surface area contributed by atoms with Crippen LogP contribution in [0.15, 0.2) is 23.3 Å². The highest BCUT2D eigenvalue weighted by Crippen LogP contribution is 2.37. The molecule has 0 bridgehead atoms. The molecule has 0 aliphatic carbocycles. The van der Waals surface area contributed by atoms with E-state index in [4.69, 9.17) is 28.4 Å². The molecule has 11 heteroatoms. The van der Waals surface area contributed by atoms with Crippen molar-refractivity contribution in [1.82, 2.24) is 4.90 Å². The minimum atomic E-state index is -1.47. The summed E-state index contributed by atoms with van der Waals surface area (Å²) in [6.07, 6.45) is -0.251. The van der Waals surface area contributed by atoms with Gasteiger partial charge in [0.15, 0.2) is 17.7 Å². The highest BCUT2D eigenvalue weighted by molar-refractivity contribution is 5.96. The Balaban J connectivity index is 2.64. The van der Waals surface area contributed by atoms with E-state index in [2.05, 4.69) is 0 Å². The van der Waals surface area contributed by atoms with Crippen LogP contribution < -0.4 is 0 Å². The van der Waals surface area contributed by atoms with Gasteiger partial charge in [0.2, 0.25) is 0 Å². The van der Waals surface area contributed by atoms with Gasteiger partial charge in [-0.25, -0.2) is 9.59 Å². The average Bonchev–Trinajstić information content (AvgIpc) is 2.93. The monoisotopic (exact) mass is 611 g/mol. The highest BCUT2D eigenvalue weighted by Gasteiger charge is 2.47. The van der Waals surface area contributed by atoms with Crippen molar-refractivity contribution in [1.29, 1.82) is 0 Å². The molecule has 0 radical (unpaired) electrons. The quantitative estimate of drug-likeness (QED) is 0.434. The van der Waals surface area contributed by atoms with Gasteiger partial charge in [-0.2, -0.15) is 0 Å². The van der Waals surface area contributed by atoms with Crippen molar-refractivity contribution in [3.05, 3.63) is 23.3 Å². The van der Waals surface area contributed by atoms with Crippen molar-refractivity contribution in [2.75, 3.05) is 28.3 Å². The van der Waals surface area contributed by atoms with E-state index in [0.717, 1.165) is 0 Å². The van der Waals surface area contributed by atoms with Crippen molar-refractivity contribution in [3.8, 4) is 0 Å². The van der Waals surface area contributed by atoms with Crippen LogP contribution in [-0.2, 0) is 38.0 Å². The molecule has 1 saturated heterocycles. The minimum Gasteiger partial charge on any atom is -0.454 e. The molecule has 0 amide bonds. The molecular formula is C32H53NO10. The molecular weight excluding hydrogens is 558 g/mol. The molecule has 11 nitrogen and oxygen atoms in total. The molecule has 2 aliphatic heterocycles. The van der Waals surface area contributed by atoms with Gasteiger partial charge >= 0.3 is 12.1 Å². The molecule has 43 heavy (non-hydrogen) atoms. The van der Waals surface area contributed by atoms with Gasteiger partial charge < -0.3 is 38.4 Å². The SMILES string of the molecule is CC[C@H]1OC(=O)/C(C)=C/[C@H](C)[C@@H](O[C@@H]2O[C@H](C)C[C@H](N(C)C)[C@H]2O)[C@@](C)(OC)C[C@@H](C)C(=O)/C(C)=C/[C@]1(C)OC(=O)OC. The van der Waals surface area contributed by atoms with Crippen LogP contribution in [0.25, 0.3) is 0 Å². The predicted octanol–water partition coefficient (Wildman–Crippen LogP) is 4.20. The van der Waals surface area contributed by atoms with Gasteiger partial charge in [0.25, 0.3) is 0 Å². The van der Waals surface area contributed by atoms with E-state index in [0.29, 0.717) is 24.0 Å².